The molecule has 180 valence electrons. The molecule has 3 aromatic rings. The summed E-state index contributed by atoms with van der Waals surface area (Å²) >= 11 is 0.841. The third-order valence-corrected chi connectivity index (χ3v) is 8.80. The Labute approximate surface area is 197 Å². The summed E-state index contributed by atoms with van der Waals surface area (Å²) in [5.41, 5.74) is 0.699. The van der Waals surface area contributed by atoms with E-state index in [1.807, 2.05) is 30.7 Å². The lowest BCUT2D eigenvalue weighted by Gasteiger charge is -2.16. The lowest BCUT2D eigenvalue weighted by molar-refractivity contribution is -0.137. The largest absolute Gasteiger partial charge is 0.424 e. The number of alkyl halides is 3. The third kappa shape index (κ3) is 6.02. The number of thiazole rings is 1. The summed E-state index contributed by atoms with van der Waals surface area (Å²) < 4.78 is 83.1. The van der Waals surface area contributed by atoms with Gasteiger partial charge in [-0.3, -0.25) is 0 Å². The monoisotopic (exact) mass is 531 g/mol. The lowest BCUT2D eigenvalue weighted by Crippen LogP contribution is -2.25. The van der Waals surface area contributed by atoms with Crippen molar-refractivity contribution in [1.29, 1.82) is 5.26 Å². The Bertz CT molecular complexity index is 1430. The first kappa shape index (κ1) is 25.9. The van der Waals surface area contributed by atoms with Crippen LogP contribution in [0.4, 0.5) is 13.2 Å². The van der Waals surface area contributed by atoms with E-state index >= 15 is 0 Å². The smallest absolute Gasteiger partial charge is 0.417 e. The minimum atomic E-state index is -4.90. The van der Waals surface area contributed by atoms with Crippen LogP contribution in [-0.2, 0) is 20.8 Å². The van der Waals surface area contributed by atoms with Crippen molar-refractivity contribution in [2.24, 2.45) is 0 Å². The molecule has 0 fully saturated rings. The van der Waals surface area contributed by atoms with Crippen molar-refractivity contribution >= 4 is 29.0 Å². The number of rotatable bonds is 7. The van der Waals surface area contributed by atoms with Crippen molar-refractivity contribution < 1.29 is 35.6 Å². The first-order chi connectivity index (χ1) is 15.7. The topological polar surface area (TPSA) is 129 Å². The highest BCUT2D eigenvalue weighted by Crippen LogP contribution is 2.44. The average molecular weight is 531 g/mol. The zero-order valence-corrected chi connectivity index (χ0v) is 20.1. The molecule has 0 spiro atoms. The minimum absolute atomic E-state index is 0.224. The number of aryl methyl sites for hydroxylation is 2. The summed E-state index contributed by atoms with van der Waals surface area (Å²) in [4.78, 5) is 14.1. The van der Waals surface area contributed by atoms with Crippen LogP contribution < -0.4 is 9.25 Å². The molecular formula is C20H17F3N3O5PS2. The van der Waals surface area contributed by atoms with Gasteiger partial charge in [-0.25, -0.2) is 18.0 Å². The fourth-order valence-corrected chi connectivity index (χ4v) is 6.41. The van der Waals surface area contributed by atoms with Gasteiger partial charge < -0.3 is 9.42 Å². The molecule has 0 saturated heterocycles. The SMILES string of the molecule is Cc1ccc(-c2ncc(S(=O)(=O)NCP(=O)(O)Oc3ccc(C#N)c(C(F)(F)F)c3)s2)cc1C. The van der Waals surface area contributed by atoms with Gasteiger partial charge in [0.2, 0.25) is 0 Å². The van der Waals surface area contributed by atoms with Gasteiger partial charge in [0.15, 0.2) is 4.21 Å². The molecule has 1 atom stereocenters. The summed E-state index contributed by atoms with van der Waals surface area (Å²) in [6.45, 7) is 3.83. The molecule has 8 nitrogen and oxygen atoms in total. The molecule has 2 N–H and O–H groups in total. The van der Waals surface area contributed by atoms with Gasteiger partial charge in [0.05, 0.1) is 23.4 Å². The summed E-state index contributed by atoms with van der Waals surface area (Å²) in [5, 5.41) is 9.23. The first-order valence-electron chi connectivity index (χ1n) is 9.38. The Morgan fingerprint density at radius 2 is 1.91 bits per heavy atom. The molecule has 2 aromatic carbocycles. The Morgan fingerprint density at radius 1 is 1.21 bits per heavy atom. The molecule has 3 rings (SSSR count). The van der Waals surface area contributed by atoms with Crippen molar-refractivity contribution in [3.63, 3.8) is 0 Å². The number of nitriles is 1. The standard InChI is InChI=1S/C20H17F3N3O5PS2/c1-12-3-4-14(7-13(12)2)19-25-10-18(33-19)34(29,30)26-11-32(27,28)31-16-6-5-15(9-24)17(8-16)20(21,22)23/h3-8,10,26H,11H2,1-2H3,(H,27,28). The van der Waals surface area contributed by atoms with Crippen molar-refractivity contribution in [2.45, 2.75) is 24.2 Å². The van der Waals surface area contributed by atoms with Gasteiger partial charge in [-0.1, -0.05) is 12.1 Å². The second-order valence-electron chi connectivity index (χ2n) is 7.14. The predicted octanol–water partition coefficient (Wildman–Crippen LogP) is 4.82. The van der Waals surface area contributed by atoms with Gasteiger partial charge in [0, 0.05) is 5.56 Å². The molecular weight excluding hydrogens is 514 g/mol. The van der Waals surface area contributed by atoms with Crippen LogP contribution in [0.2, 0.25) is 0 Å². The summed E-state index contributed by atoms with van der Waals surface area (Å²) in [5.74, 6) is -0.647. The van der Waals surface area contributed by atoms with E-state index in [2.05, 4.69) is 4.98 Å². The number of nitrogens with zero attached hydrogens (tertiary/aromatic N) is 2. The molecule has 0 aliphatic rings. The predicted molar refractivity (Wildman–Crippen MR) is 119 cm³/mol. The maximum atomic E-state index is 13.1. The van der Waals surface area contributed by atoms with Crippen molar-refractivity contribution in [2.75, 3.05) is 6.29 Å². The Balaban J connectivity index is 1.74. The van der Waals surface area contributed by atoms with Gasteiger partial charge in [-0.15, -0.1) is 11.3 Å². The zero-order chi connectivity index (χ0) is 25.3. The lowest BCUT2D eigenvalue weighted by atomic mass is 10.1. The molecule has 14 heteroatoms. The van der Waals surface area contributed by atoms with Gasteiger partial charge in [-0.2, -0.15) is 23.2 Å². The minimum Gasteiger partial charge on any atom is -0.424 e. The third-order valence-electron chi connectivity index (χ3n) is 4.62. The van der Waals surface area contributed by atoms with Crippen molar-refractivity contribution in [1.82, 2.24) is 9.71 Å². The molecule has 0 aliphatic carbocycles. The molecule has 0 aliphatic heterocycles. The second-order valence-corrected chi connectivity index (χ2v) is 11.9. The fraction of sp³-hybridized carbons (Fsp3) is 0.200. The van der Waals surface area contributed by atoms with Crippen LogP contribution in [0.5, 0.6) is 5.75 Å². The first-order valence-corrected chi connectivity index (χ1v) is 13.4. The normalized spacial score (nSPS) is 13.8. The van der Waals surface area contributed by atoms with Crippen LogP contribution in [0.15, 0.2) is 46.8 Å². The molecule has 0 saturated carbocycles. The van der Waals surface area contributed by atoms with E-state index in [0.717, 1.165) is 40.8 Å². The average Bonchev–Trinajstić information content (AvgIpc) is 3.25. The van der Waals surface area contributed by atoms with E-state index in [9.17, 15) is 31.0 Å². The highest BCUT2D eigenvalue weighted by Gasteiger charge is 2.35. The van der Waals surface area contributed by atoms with E-state index in [4.69, 9.17) is 9.79 Å². The number of hydrogen-bond donors (Lipinski definition) is 2. The Hall–Kier alpha value is -2.75. The molecule has 0 radical (unpaired) electrons. The number of aromatic nitrogens is 1. The van der Waals surface area contributed by atoms with Gasteiger partial charge in [-0.05, 0) is 49.2 Å². The van der Waals surface area contributed by atoms with E-state index in [0.29, 0.717) is 16.6 Å². The fourth-order valence-electron chi connectivity index (χ4n) is 2.74. The molecule has 0 bridgehead atoms. The molecule has 1 heterocycles. The van der Waals surface area contributed by atoms with Gasteiger partial charge in [0.1, 0.15) is 17.0 Å². The van der Waals surface area contributed by atoms with Crippen LogP contribution in [0.25, 0.3) is 10.6 Å². The molecule has 1 unspecified atom stereocenters. The maximum Gasteiger partial charge on any atom is 0.417 e. The van der Waals surface area contributed by atoms with Crippen molar-refractivity contribution in [3.05, 3.63) is 64.8 Å². The number of halogens is 3. The highest BCUT2D eigenvalue weighted by atomic mass is 32.2. The van der Waals surface area contributed by atoms with E-state index in [-0.39, 0.29) is 4.21 Å². The van der Waals surface area contributed by atoms with Crippen LogP contribution in [-0.4, -0.2) is 24.6 Å². The quantitative estimate of drug-likeness (QED) is 0.418. The number of benzene rings is 2. The van der Waals surface area contributed by atoms with Crippen LogP contribution in [0, 0.1) is 25.2 Å². The second kappa shape index (κ2) is 9.48. The van der Waals surface area contributed by atoms with E-state index < -0.39 is 47.0 Å². The highest BCUT2D eigenvalue weighted by molar-refractivity contribution is 7.92. The van der Waals surface area contributed by atoms with Crippen LogP contribution in [0.3, 0.4) is 0 Å². The summed E-state index contributed by atoms with van der Waals surface area (Å²) in [6.07, 6.45) is -4.91. The Morgan fingerprint density at radius 3 is 2.53 bits per heavy atom. The van der Waals surface area contributed by atoms with Gasteiger partial charge in [0.25, 0.3) is 10.0 Å². The molecule has 1 aromatic heterocycles. The molecule has 0 amide bonds. The van der Waals surface area contributed by atoms with Gasteiger partial charge >= 0.3 is 13.8 Å². The number of sulfonamides is 1. The summed E-state index contributed by atoms with van der Waals surface area (Å²) in [7, 11) is -9.01. The van der Waals surface area contributed by atoms with Crippen LogP contribution >= 0.6 is 18.9 Å². The molecule has 34 heavy (non-hydrogen) atoms. The van der Waals surface area contributed by atoms with Crippen LogP contribution in [0.1, 0.15) is 22.3 Å². The van der Waals surface area contributed by atoms with E-state index in [1.54, 1.807) is 6.07 Å². The van der Waals surface area contributed by atoms with E-state index in [1.165, 1.54) is 6.07 Å². The number of nitrogens with one attached hydrogen (secondary N) is 1. The zero-order valence-electron chi connectivity index (χ0n) is 17.6. The van der Waals surface area contributed by atoms with Crippen molar-refractivity contribution in [3.8, 4) is 22.4 Å². The number of hydrogen-bond acceptors (Lipinski definition) is 7. The summed E-state index contributed by atoms with van der Waals surface area (Å²) in [6, 6.07) is 8.96. The maximum absolute atomic E-state index is 13.1. The Kier molecular flexibility index (Phi) is 7.21.